The van der Waals surface area contributed by atoms with E-state index in [4.69, 9.17) is 37.3 Å². The Hall–Kier alpha value is -3.07. The molecule has 0 radical (unpaired) electrons. The molecule has 11 nitrogen and oxygen atoms in total. The van der Waals surface area contributed by atoms with Gasteiger partial charge in [0.25, 0.3) is 5.91 Å². The summed E-state index contributed by atoms with van der Waals surface area (Å²) in [5.41, 5.74) is 4.17. The van der Waals surface area contributed by atoms with E-state index >= 15 is 0 Å². The molecule has 15 heteroatoms. The molecule has 3 rings (SSSR count). The highest BCUT2D eigenvalue weighted by molar-refractivity contribution is 7.89. The fourth-order valence-corrected chi connectivity index (χ4v) is 7.89. The second kappa shape index (κ2) is 22.2. The summed E-state index contributed by atoms with van der Waals surface area (Å²) >= 11 is 12.9. The Bertz CT molecular complexity index is 1820. The van der Waals surface area contributed by atoms with Crippen molar-refractivity contribution in [1.29, 1.82) is 0 Å². The maximum atomic E-state index is 13.5. The molecule has 0 saturated carbocycles. The van der Waals surface area contributed by atoms with Crippen molar-refractivity contribution in [2.24, 2.45) is 4.36 Å². The van der Waals surface area contributed by atoms with Crippen LogP contribution in [0.2, 0.25) is 10.0 Å². The summed E-state index contributed by atoms with van der Waals surface area (Å²) in [5.74, 6) is -0.217. The van der Waals surface area contributed by atoms with Crippen LogP contribution >= 0.6 is 23.2 Å². The van der Waals surface area contributed by atoms with Crippen LogP contribution in [-0.4, -0.2) is 38.3 Å². The van der Waals surface area contributed by atoms with Gasteiger partial charge in [-0.25, -0.2) is 23.0 Å². The van der Waals surface area contributed by atoms with Crippen molar-refractivity contribution in [2.45, 2.75) is 104 Å². The first kappa shape index (κ1) is 43.3. The number of carbonyl (C=O) groups excluding carboxylic acids is 1. The van der Waals surface area contributed by atoms with E-state index in [9.17, 15) is 18.3 Å². The lowest BCUT2D eigenvalue weighted by Crippen LogP contribution is -2.25. The molecule has 1 amide bonds. The first-order valence-electron chi connectivity index (χ1n) is 17.8. The fraction of sp³-hybridized carbons (Fsp3) is 0.486. The Morgan fingerprint density at radius 2 is 1.56 bits per heavy atom. The number of unbranched alkanes of at least 4 members (excludes halogenated alkanes) is 9. The second-order valence-electron chi connectivity index (χ2n) is 12.4. The molecule has 0 bridgehead atoms. The minimum absolute atomic E-state index is 0.0445. The minimum atomic E-state index is -3.95. The normalized spacial score (nSPS) is 12.1. The van der Waals surface area contributed by atoms with Crippen LogP contribution in [0.3, 0.4) is 0 Å². The topological polar surface area (TPSA) is 148 Å². The monoisotopic (exact) mass is 798 g/mol. The molecule has 3 aromatic rings. The van der Waals surface area contributed by atoms with Crippen LogP contribution in [-0.2, 0) is 30.2 Å². The van der Waals surface area contributed by atoms with E-state index in [1.807, 2.05) is 27.7 Å². The number of halogens is 2. The largest absolute Gasteiger partial charge is 0.506 e. The Morgan fingerprint density at radius 1 is 0.885 bits per heavy atom. The van der Waals surface area contributed by atoms with E-state index in [1.54, 1.807) is 12.1 Å². The molecule has 0 heterocycles. The first-order chi connectivity index (χ1) is 24.9. The van der Waals surface area contributed by atoms with E-state index in [0.717, 1.165) is 24.8 Å². The Kier molecular flexibility index (Phi) is 18.5. The smallest absolute Gasteiger partial charge is 0.259 e. The van der Waals surface area contributed by atoms with Gasteiger partial charge in [0.05, 0.1) is 38.0 Å². The number of allylic oxidation sites excluding steroid dienone is 1. The second-order valence-corrected chi connectivity index (χ2v) is 16.6. The van der Waals surface area contributed by atoms with E-state index in [1.165, 1.54) is 69.1 Å². The lowest BCUT2D eigenvalue weighted by Gasteiger charge is -2.15. The minimum Gasteiger partial charge on any atom is -0.506 e. The quantitative estimate of drug-likeness (QED) is 0.0321. The average molecular weight is 800 g/mol. The van der Waals surface area contributed by atoms with Crippen LogP contribution in [0.15, 0.2) is 57.5 Å². The number of benzene rings is 3. The predicted molar refractivity (Wildman–Crippen MR) is 214 cm³/mol. The molecular formula is C37H52Cl2N4O7S2. The number of anilines is 2. The zero-order chi connectivity index (χ0) is 38.1. The van der Waals surface area contributed by atoms with Crippen LogP contribution in [0.1, 0.15) is 109 Å². The summed E-state index contributed by atoms with van der Waals surface area (Å²) in [4.78, 5) is 24.3. The number of nitrogens with one attached hydrogen (secondary N) is 3. The molecule has 4 N–H and O–H groups in total. The third-order valence-corrected chi connectivity index (χ3v) is 11.4. The molecule has 0 aliphatic heterocycles. The molecule has 288 valence electrons. The molecule has 1 atom stereocenters. The molecule has 52 heavy (non-hydrogen) atoms. The van der Waals surface area contributed by atoms with Gasteiger partial charge >= 0.3 is 0 Å². The number of hydrogen-bond donors (Lipinski definition) is 4. The van der Waals surface area contributed by atoms with Gasteiger partial charge in [0.2, 0.25) is 10.0 Å². The molecule has 0 fully saturated rings. The molecule has 0 spiro atoms. The van der Waals surface area contributed by atoms with Crippen LogP contribution in [0.5, 0.6) is 11.5 Å². The van der Waals surface area contributed by atoms with Gasteiger partial charge in [0, 0.05) is 35.7 Å². The number of fused-ring (bicyclic) bond motifs is 1. The number of sulfonamides is 1. The van der Waals surface area contributed by atoms with Crippen LogP contribution in [0.25, 0.3) is 10.8 Å². The highest BCUT2D eigenvalue weighted by Gasteiger charge is 2.23. The molecule has 0 saturated heterocycles. The summed E-state index contributed by atoms with van der Waals surface area (Å²) in [5, 5.41) is 14.6. The van der Waals surface area contributed by atoms with Crippen molar-refractivity contribution in [3.8, 4) is 11.5 Å². The van der Waals surface area contributed by atoms with E-state index in [-0.39, 0.29) is 49.6 Å². The van der Waals surface area contributed by atoms with Crippen molar-refractivity contribution in [1.82, 2.24) is 4.72 Å². The van der Waals surface area contributed by atoms with Crippen molar-refractivity contribution in [2.75, 3.05) is 29.6 Å². The highest BCUT2D eigenvalue weighted by atomic mass is 35.5. The lowest BCUT2D eigenvalue weighted by molar-refractivity contribution is -0.0817. The third kappa shape index (κ3) is 13.4. The fourth-order valence-electron chi connectivity index (χ4n) is 5.22. The molecule has 1 unspecified atom stereocenters. The number of phenols is 1. The van der Waals surface area contributed by atoms with Crippen molar-refractivity contribution in [3.63, 3.8) is 0 Å². The molecule has 0 aliphatic rings. The first-order valence-corrected chi connectivity index (χ1v) is 21.3. The van der Waals surface area contributed by atoms with Gasteiger partial charge in [-0.2, -0.15) is 0 Å². The number of rotatable bonds is 23. The summed E-state index contributed by atoms with van der Waals surface area (Å²) in [7, 11) is -4.74. The summed E-state index contributed by atoms with van der Waals surface area (Å²) in [6, 6.07) is 8.71. The summed E-state index contributed by atoms with van der Waals surface area (Å²) < 4.78 is 38.6. The number of hydrogen-bond acceptors (Lipinski definition) is 9. The molecule has 0 aromatic heterocycles. The van der Waals surface area contributed by atoms with Gasteiger partial charge in [-0.1, -0.05) is 101 Å². The van der Waals surface area contributed by atoms with Gasteiger partial charge in [0.1, 0.15) is 16.9 Å². The van der Waals surface area contributed by atoms with Gasteiger partial charge < -0.3 is 20.1 Å². The Morgan fingerprint density at radius 3 is 2.19 bits per heavy atom. The number of amides is 1. The van der Waals surface area contributed by atoms with Gasteiger partial charge in [0.15, 0.2) is 5.75 Å². The molecule has 3 aromatic carbocycles. The third-order valence-electron chi connectivity index (χ3n) is 7.90. The average Bonchev–Trinajstić information content (AvgIpc) is 3.10. The standard InChI is InChI=1S/C37H52Cl2N4O7S2/c1-6-9-10-11-12-13-14-15-16-17-20-41-52(46,47)35-24-31(38)34(23-32(35)39)42-37(45)29-19-18-28-30(36(29)44)21-27(49-50-51(8-3)40-7-2)22-33(28)43-48-25-26(4)5/h18-19,21-25,41,43-44H,6-17,20H2,1-5H3,(H,42,45). The zero-order valence-electron chi connectivity index (χ0n) is 30.7. The van der Waals surface area contributed by atoms with Crippen LogP contribution < -0.4 is 20.4 Å². The molecular weight excluding hydrogens is 747 g/mol. The van der Waals surface area contributed by atoms with Crippen LogP contribution in [0, 0.1) is 0 Å². The number of phenolic OH excluding ortho intramolecular Hbond substituents is 1. The Balaban J connectivity index is 1.73. The number of aromatic hydroxyl groups is 1. The van der Waals surface area contributed by atoms with Gasteiger partial charge in [-0.05, 0) is 57.0 Å². The highest BCUT2D eigenvalue weighted by Crippen LogP contribution is 2.38. The summed E-state index contributed by atoms with van der Waals surface area (Å²) in [6.07, 6.45) is 12.9. The van der Waals surface area contributed by atoms with Gasteiger partial charge in [-0.15, -0.1) is 4.33 Å². The zero-order valence-corrected chi connectivity index (χ0v) is 33.8. The van der Waals surface area contributed by atoms with E-state index in [0.29, 0.717) is 29.8 Å². The van der Waals surface area contributed by atoms with Crippen molar-refractivity contribution in [3.05, 3.63) is 63.8 Å². The number of nitrogens with zero attached hydrogens (tertiary/aromatic N) is 1. The van der Waals surface area contributed by atoms with E-state index < -0.39 is 26.9 Å². The Labute approximate surface area is 321 Å². The van der Waals surface area contributed by atoms with Gasteiger partial charge in [-0.3, -0.25) is 4.79 Å². The van der Waals surface area contributed by atoms with E-state index in [2.05, 4.69) is 26.8 Å². The van der Waals surface area contributed by atoms with Crippen LogP contribution in [0.4, 0.5) is 11.4 Å². The molecule has 0 aliphatic carbocycles. The maximum Gasteiger partial charge on any atom is 0.259 e. The number of carbonyl (C=O) groups is 1. The van der Waals surface area contributed by atoms with Crippen molar-refractivity contribution >= 4 is 72.3 Å². The predicted octanol–water partition coefficient (Wildman–Crippen LogP) is 10.6. The lowest BCUT2D eigenvalue weighted by atomic mass is 10.0. The summed E-state index contributed by atoms with van der Waals surface area (Å²) in [6.45, 7) is 10.6. The van der Waals surface area contributed by atoms with Crippen molar-refractivity contribution < 1.29 is 32.4 Å². The maximum absolute atomic E-state index is 13.5. The SMILES string of the molecule is CCCCCCCCCCCCNS(=O)(=O)c1cc(Cl)c(NC(=O)c2ccc3c(NOC=C(C)C)cc(OOS(CC)=NCC)cc3c2O)cc1Cl.